The van der Waals surface area contributed by atoms with Gasteiger partial charge in [-0.15, -0.1) is 0 Å². The number of nitrogens with zero attached hydrogens (tertiary/aromatic N) is 2. The molecule has 0 radical (unpaired) electrons. The van der Waals surface area contributed by atoms with Gasteiger partial charge in [0.25, 0.3) is 0 Å². The van der Waals surface area contributed by atoms with Crippen LogP contribution in [0.5, 0.6) is 0 Å². The van der Waals surface area contributed by atoms with Gasteiger partial charge in [-0.2, -0.15) is 0 Å². The number of rotatable bonds is 1. The van der Waals surface area contributed by atoms with Gasteiger partial charge >= 0.3 is 11.8 Å². The predicted molar refractivity (Wildman–Crippen MR) is 49.8 cm³/mol. The second-order valence-electron chi connectivity index (χ2n) is 3.45. The summed E-state index contributed by atoms with van der Waals surface area (Å²) in [6.07, 6.45) is 0.602. The van der Waals surface area contributed by atoms with Crippen LogP contribution >= 0.6 is 0 Å². The molecule has 2 heterocycles. The van der Waals surface area contributed by atoms with Crippen LogP contribution < -0.4 is 10.6 Å². The monoisotopic (exact) mass is 210 g/mol. The molecule has 3 amide bonds. The van der Waals surface area contributed by atoms with Crippen LogP contribution in [0.4, 0.5) is 0 Å². The average molecular weight is 210 g/mol. The number of hydrogen-bond donors (Lipinski definition) is 2. The van der Waals surface area contributed by atoms with Crippen molar-refractivity contribution in [3.63, 3.8) is 0 Å². The molecule has 1 atom stereocenters. The molecule has 0 spiro atoms. The fourth-order valence-electron chi connectivity index (χ4n) is 1.50. The highest BCUT2D eigenvalue weighted by atomic mass is 16.2. The number of guanidine groups is 1. The first-order valence-electron chi connectivity index (χ1n) is 4.53. The zero-order chi connectivity index (χ0) is 11.0. The molecule has 7 nitrogen and oxygen atoms in total. The lowest BCUT2D eigenvalue weighted by molar-refractivity contribution is -0.135. The summed E-state index contributed by atoms with van der Waals surface area (Å²) in [7, 11) is 1.69. The van der Waals surface area contributed by atoms with Crippen LogP contribution in [0.2, 0.25) is 0 Å². The van der Waals surface area contributed by atoms with E-state index in [1.165, 1.54) is 0 Å². The Bertz CT molecular complexity index is 358. The number of carbonyl (C=O) groups is 3. The Morgan fingerprint density at radius 1 is 1.27 bits per heavy atom. The van der Waals surface area contributed by atoms with Gasteiger partial charge in [-0.05, 0) is 6.42 Å². The number of amides is 3. The Morgan fingerprint density at radius 2 is 1.87 bits per heavy atom. The second kappa shape index (κ2) is 3.34. The number of hydrogen-bond acceptors (Lipinski definition) is 4. The van der Waals surface area contributed by atoms with E-state index in [0.717, 1.165) is 0 Å². The third-order valence-corrected chi connectivity index (χ3v) is 2.35. The van der Waals surface area contributed by atoms with E-state index in [1.807, 2.05) is 0 Å². The molecule has 0 saturated carbocycles. The molecule has 0 aromatic heterocycles. The lowest BCUT2D eigenvalue weighted by Crippen LogP contribution is -2.31. The smallest absolute Gasteiger partial charge is 0.316 e. The van der Waals surface area contributed by atoms with Gasteiger partial charge in [-0.3, -0.25) is 25.0 Å². The molecule has 7 heteroatoms. The maximum Gasteiger partial charge on any atom is 0.316 e. The second-order valence-corrected chi connectivity index (χ2v) is 3.45. The maximum atomic E-state index is 11.4. The van der Waals surface area contributed by atoms with Crippen molar-refractivity contribution in [3.8, 4) is 0 Å². The summed E-state index contributed by atoms with van der Waals surface area (Å²) in [5, 5.41) is 4.49. The summed E-state index contributed by atoms with van der Waals surface area (Å²) in [5.74, 6) is -1.52. The molecule has 2 saturated heterocycles. The van der Waals surface area contributed by atoms with Gasteiger partial charge in [-0.25, -0.2) is 4.99 Å². The minimum Gasteiger partial charge on any atom is -0.344 e. The first-order chi connectivity index (χ1) is 7.08. The maximum absolute atomic E-state index is 11.4. The Labute approximate surface area is 85.5 Å². The first kappa shape index (κ1) is 9.63. The summed E-state index contributed by atoms with van der Waals surface area (Å²) in [5.41, 5.74) is 0. The highest BCUT2D eigenvalue weighted by Crippen LogP contribution is 2.12. The van der Waals surface area contributed by atoms with Crippen LogP contribution in [0, 0.1) is 0 Å². The van der Waals surface area contributed by atoms with E-state index >= 15 is 0 Å². The molecule has 2 aliphatic heterocycles. The number of nitrogens with one attached hydrogen (secondary N) is 2. The van der Waals surface area contributed by atoms with Crippen LogP contribution in [-0.4, -0.2) is 48.2 Å². The Kier molecular flexibility index (Phi) is 2.14. The van der Waals surface area contributed by atoms with Crippen molar-refractivity contribution >= 4 is 23.7 Å². The predicted octanol–water partition coefficient (Wildman–Crippen LogP) is -2.18. The molecular weight excluding hydrogens is 200 g/mol. The normalized spacial score (nSPS) is 25.7. The number of carbonyl (C=O) groups excluding carboxylic acids is 3. The zero-order valence-corrected chi connectivity index (χ0v) is 8.11. The molecule has 0 aromatic rings. The van der Waals surface area contributed by atoms with Crippen molar-refractivity contribution in [1.82, 2.24) is 15.5 Å². The highest BCUT2D eigenvalue weighted by molar-refractivity contribution is 6.45. The molecular formula is C8H10N4O3. The van der Waals surface area contributed by atoms with Gasteiger partial charge in [0, 0.05) is 13.6 Å². The van der Waals surface area contributed by atoms with E-state index in [-0.39, 0.29) is 11.9 Å². The number of likely N-dealkylation sites (N-methyl/N-ethyl adjacent to an activating group) is 1. The summed E-state index contributed by atoms with van der Waals surface area (Å²) < 4.78 is 0. The molecule has 0 aromatic carbocycles. The van der Waals surface area contributed by atoms with Crippen molar-refractivity contribution in [2.75, 3.05) is 13.6 Å². The third-order valence-electron chi connectivity index (χ3n) is 2.35. The lowest BCUT2D eigenvalue weighted by atomic mass is 10.3. The van der Waals surface area contributed by atoms with E-state index in [1.54, 1.807) is 11.9 Å². The fourth-order valence-corrected chi connectivity index (χ4v) is 1.50. The van der Waals surface area contributed by atoms with E-state index in [4.69, 9.17) is 0 Å². The van der Waals surface area contributed by atoms with Crippen molar-refractivity contribution in [1.29, 1.82) is 0 Å². The summed E-state index contributed by atoms with van der Waals surface area (Å²) in [6.45, 7) is 0.641. The van der Waals surface area contributed by atoms with Crippen molar-refractivity contribution in [2.45, 2.75) is 12.5 Å². The van der Waals surface area contributed by atoms with Crippen LogP contribution in [0.25, 0.3) is 0 Å². The van der Waals surface area contributed by atoms with E-state index in [9.17, 15) is 14.4 Å². The molecule has 2 N–H and O–H groups in total. The Hall–Kier alpha value is -1.92. The minimum absolute atomic E-state index is 0.0682. The summed E-state index contributed by atoms with van der Waals surface area (Å²) in [4.78, 5) is 38.6. The van der Waals surface area contributed by atoms with Crippen LogP contribution in [0.1, 0.15) is 6.42 Å². The van der Waals surface area contributed by atoms with Crippen molar-refractivity contribution < 1.29 is 14.4 Å². The fraction of sp³-hybridized carbons (Fsp3) is 0.500. The van der Waals surface area contributed by atoms with Gasteiger partial charge in [0.15, 0.2) is 0 Å². The standard InChI is InChI=1S/C8H10N4O3/c1-12-3-2-4(7(12)15)9-8-10-5(13)6(14)11-8/h4H,2-3H2,1H3,(H2,9,10,11,13,14). The van der Waals surface area contributed by atoms with Crippen molar-refractivity contribution in [2.24, 2.45) is 4.99 Å². The van der Waals surface area contributed by atoms with Crippen LogP contribution in [-0.2, 0) is 14.4 Å². The molecule has 15 heavy (non-hydrogen) atoms. The van der Waals surface area contributed by atoms with Crippen LogP contribution in [0.15, 0.2) is 4.99 Å². The molecule has 0 aliphatic carbocycles. The molecule has 2 fully saturated rings. The zero-order valence-electron chi connectivity index (χ0n) is 8.11. The summed E-state index contributed by atoms with van der Waals surface area (Å²) in [6, 6.07) is -0.497. The quantitative estimate of drug-likeness (QED) is 0.482. The van der Waals surface area contributed by atoms with Gasteiger partial charge in [0.05, 0.1) is 0 Å². The first-order valence-corrected chi connectivity index (χ1v) is 4.53. The van der Waals surface area contributed by atoms with E-state index < -0.39 is 17.9 Å². The average Bonchev–Trinajstić information content (AvgIpc) is 2.65. The van der Waals surface area contributed by atoms with Crippen LogP contribution in [0.3, 0.4) is 0 Å². The molecule has 2 aliphatic rings. The number of aliphatic imine (C=N–C) groups is 1. The van der Waals surface area contributed by atoms with E-state index in [2.05, 4.69) is 15.6 Å². The largest absolute Gasteiger partial charge is 0.344 e. The van der Waals surface area contributed by atoms with E-state index in [0.29, 0.717) is 13.0 Å². The van der Waals surface area contributed by atoms with Gasteiger partial charge < -0.3 is 4.90 Å². The third kappa shape index (κ3) is 1.67. The molecule has 2 rings (SSSR count). The minimum atomic E-state index is -0.743. The van der Waals surface area contributed by atoms with Gasteiger partial charge in [0.1, 0.15) is 6.04 Å². The van der Waals surface area contributed by atoms with Gasteiger partial charge in [0.2, 0.25) is 11.9 Å². The van der Waals surface area contributed by atoms with Crippen molar-refractivity contribution in [3.05, 3.63) is 0 Å². The molecule has 80 valence electrons. The Morgan fingerprint density at radius 3 is 2.33 bits per heavy atom. The number of likely N-dealkylation sites (tertiary alicyclic amines) is 1. The Balaban J connectivity index is 2.09. The summed E-state index contributed by atoms with van der Waals surface area (Å²) >= 11 is 0. The van der Waals surface area contributed by atoms with Gasteiger partial charge in [-0.1, -0.05) is 0 Å². The topological polar surface area (TPSA) is 90.9 Å². The lowest BCUT2D eigenvalue weighted by Gasteiger charge is -2.06. The highest BCUT2D eigenvalue weighted by Gasteiger charge is 2.32. The SMILES string of the molecule is CN1CCC(N=C2NC(=O)C(=O)N2)C1=O. The molecule has 0 bridgehead atoms. The molecule has 1 unspecified atom stereocenters.